The average Bonchev–Trinajstić information content (AvgIpc) is 2.49. The predicted molar refractivity (Wildman–Crippen MR) is 96.0 cm³/mol. The van der Waals surface area contributed by atoms with Gasteiger partial charge >= 0.3 is 0 Å². The molecule has 0 aromatic heterocycles. The summed E-state index contributed by atoms with van der Waals surface area (Å²) in [6.45, 7) is 0.240. The van der Waals surface area contributed by atoms with Crippen LogP contribution in [-0.2, 0) is 16.4 Å². The monoisotopic (exact) mass is 437 g/mol. The lowest BCUT2D eigenvalue weighted by Gasteiger charge is -2.10. The zero-order valence-corrected chi connectivity index (χ0v) is 16.1. The molecule has 8 heteroatoms. The van der Waals surface area contributed by atoms with Crippen LogP contribution in [0.3, 0.4) is 0 Å². The summed E-state index contributed by atoms with van der Waals surface area (Å²) in [6.07, 6.45) is 0.528. The highest BCUT2D eigenvalue weighted by Crippen LogP contribution is 2.26. The van der Waals surface area contributed by atoms with Gasteiger partial charge in [-0.15, -0.1) is 0 Å². The molecule has 0 aliphatic rings. The standard InChI is InChI=1S/C15H14BrCl2NO3S/c1-22-14-5-2-10(8-12(14)16)6-7-19-23(20,21)15-9-11(17)3-4-13(15)18/h2-5,8-9,19H,6-7H2,1H3. The molecule has 2 aromatic rings. The van der Waals surface area contributed by atoms with Crippen molar-refractivity contribution < 1.29 is 13.2 Å². The number of rotatable bonds is 6. The molecule has 0 heterocycles. The van der Waals surface area contributed by atoms with Crippen molar-refractivity contribution in [3.05, 3.63) is 56.5 Å². The molecule has 0 saturated heterocycles. The van der Waals surface area contributed by atoms with Gasteiger partial charge in [0, 0.05) is 11.6 Å². The Labute approximate surface area is 153 Å². The Morgan fingerprint density at radius 1 is 1.17 bits per heavy atom. The van der Waals surface area contributed by atoms with Gasteiger partial charge in [-0.1, -0.05) is 29.3 Å². The van der Waals surface area contributed by atoms with Crippen LogP contribution < -0.4 is 9.46 Å². The maximum absolute atomic E-state index is 12.3. The molecule has 0 radical (unpaired) electrons. The zero-order chi connectivity index (χ0) is 17.0. The molecule has 0 saturated carbocycles. The third-order valence-electron chi connectivity index (χ3n) is 3.10. The second kappa shape index (κ2) is 7.85. The minimum atomic E-state index is -3.71. The van der Waals surface area contributed by atoms with Crippen molar-refractivity contribution in [3.8, 4) is 5.75 Å². The maximum atomic E-state index is 12.3. The predicted octanol–water partition coefficient (Wildman–Crippen LogP) is 4.29. The zero-order valence-electron chi connectivity index (χ0n) is 12.1. The lowest BCUT2D eigenvalue weighted by atomic mass is 10.1. The fourth-order valence-electron chi connectivity index (χ4n) is 1.96. The fourth-order valence-corrected chi connectivity index (χ4v) is 4.34. The lowest BCUT2D eigenvalue weighted by molar-refractivity contribution is 0.412. The molecule has 2 rings (SSSR count). The van der Waals surface area contributed by atoms with Crippen molar-refractivity contribution in [2.24, 2.45) is 0 Å². The molecule has 0 spiro atoms. The molecule has 0 atom stereocenters. The Morgan fingerprint density at radius 2 is 1.91 bits per heavy atom. The van der Waals surface area contributed by atoms with E-state index in [1.807, 2.05) is 18.2 Å². The van der Waals surface area contributed by atoms with Crippen LogP contribution in [0.15, 0.2) is 45.8 Å². The summed E-state index contributed by atoms with van der Waals surface area (Å²) in [5, 5.41) is 0.447. The smallest absolute Gasteiger partial charge is 0.242 e. The van der Waals surface area contributed by atoms with Crippen molar-refractivity contribution in [1.82, 2.24) is 4.72 Å². The van der Waals surface area contributed by atoms with Crippen molar-refractivity contribution in [3.63, 3.8) is 0 Å². The van der Waals surface area contributed by atoms with Crippen LogP contribution in [0.2, 0.25) is 10.0 Å². The van der Waals surface area contributed by atoms with Crippen LogP contribution in [0.5, 0.6) is 5.75 Å². The van der Waals surface area contributed by atoms with Crippen molar-refractivity contribution in [2.75, 3.05) is 13.7 Å². The molecular formula is C15H14BrCl2NO3S. The van der Waals surface area contributed by atoms with Crippen LogP contribution in [0.25, 0.3) is 0 Å². The minimum absolute atomic E-state index is 0.0254. The number of ether oxygens (including phenoxy) is 1. The van der Waals surface area contributed by atoms with E-state index < -0.39 is 10.0 Å². The summed E-state index contributed by atoms with van der Waals surface area (Å²) in [7, 11) is -2.12. The van der Waals surface area contributed by atoms with E-state index in [0.29, 0.717) is 11.4 Å². The van der Waals surface area contributed by atoms with Gasteiger partial charge in [0.05, 0.1) is 16.6 Å². The summed E-state index contributed by atoms with van der Waals surface area (Å²) in [5.41, 5.74) is 0.970. The molecule has 4 nitrogen and oxygen atoms in total. The Morgan fingerprint density at radius 3 is 2.57 bits per heavy atom. The Balaban J connectivity index is 2.05. The van der Waals surface area contributed by atoms with Gasteiger partial charge in [0.1, 0.15) is 10.6 Å². The molecule has 23 heavy (non-hydrogen) atoms. The number of hydrogen-bond acceptors (Lipinski definition) is 3. The SMILES string of the molecule is COc1ccc(CCNS(=O)(=O)c2cc(Cl)ccc2Cl)cc1Br. The molecule has 0 aliphatic carbocycles. The second-order valence-corrected chi connectivity index (χ2v) is 8.12. The van der Waals surface area contributed by atoms with Crippen LogP contribution in [0.1, 0.15) is 5.56 Å². The number of halogens is 3. The molecule has 2 aromatic carbocycles. The highest BCUT2D eigenvalue weighted by atomic mass is 79.9. The van der Waals surface area contributed by atoms with Gasteiger partial charge in [-0.25, -0.2) is 13.1 Å². The van der Waals surface area contributed by atoms with E-state index in [0.717, 1.165) is 15.8 Å². The van der Waals surface area contributed by atoms with E-state index in [1.165, 1.54) is 18.2 Å². The summed E-state index contributed by atoms with van der Waals surface area (Å²) >= 11 is 15.2. The number of benzene rings is 2. The van der Waals surface area contributed by atoms with E-state index in [-0.39, 0.29) is 16.5 Å². The molecule has 0 bridgehead atoms. The maximum Gasteiger partial charge on any atom is 0.242 e. The normalized spacial score (nSPS) is 11.5. The number of hydrogen-bond donors (Lipinski definition) is 1. The summed E-state index contributed by atoms with van der Waals surface area (Å²) in [6, 6.07) is 9.92. The first-order chi connectivity index (χ1) is 10.8. The molecule has 0 unspecified atom stereocenters. The summed E-state index contributed by atoms with van der Waals surface area (Å²) in [5.74, 6) is 0.722. The second-order valence-electron chi connectivity index (χ2n) is 4.69. The quantitative estimate of drug-likeness (QED) is 0.731. The molecule has 0 amide bonds. The molecule has 1 N–H and O–H groups in total. The van der Waals surface area contributed by atoms with Gasteiger partial charge in [0.15, 0.2) is 0 Å². The van der Waals surface area contributed by atoms with Crippen molar-refractivity contribution >= 4 is 49.2 Å². The molecule has 0 fully saturated rings. The number of methoxy groups -OCH3 is 1. The van der Waals surface area contributed by atoms with Gasteiger partial charge in [0.25, 0.3) is 0 Å². The fraction of sp³-hybridized carbons (Fsp3) is 0.200. The Kier molecular flexibility index (Phi) is 6.33. The van der Waals surface area contributed by atoms with Crippen LogP contribution >= 0.6 is 39.1 Å². The minimum Gasteiger partial charge on any atom is -0.496 e. The molecular weight excluding hydrogens is 425 g/mol. The largest absolute Gasteiger partial charge is 0.496 e. The first-order valence-electron chi connectivity index (χ1n) is 6.60. The summed E-state index contributed by atoms with van der Waals surface area (Å²) in [4.78, 5) is -0.0254. The molecule has 124 valence electrons. The van der Waals surface area contributed by atoms with Crippen molar-refractivity contribution in [2.45, 2.75) is 11.3 Å². The van der Waals surface area contributed by atoms with E-state index in [9.17, 15) is 8.42 Å². The first-order valence-corrected chi connectivity index (χ1v) is 9.64. The first kappa shape index (κ1) is 18.5. The third-order valence-corrected chi connectivity index (χ3v) is 5.90. The van der Waals surface area contributed by atoms with E-state index in [2.05, 4.69) is 20.7 Å². The van der Waals surface area contributed by atoms with Crippen molar-refractivity contribution in [1.29, 1.82) is 0 Å². The van der Waals surface area contributed by atoms with Gasteiger partial charge < -0.3 is 4.74 Å². The lowest BCUT2D eigenvalue weighted by Crippen LogP contribution is -2.26. The topological polar surface area (TPSA) is 55.4 Å². The number of nitrogens with one attached hydrogen (secondary N) is 1. The molecule has 0 aliphatic heterocycles. The Hall–Kier alpha value is -0.790. The van der Waals surface area contributed by atoms with Crippen LogP contribution in [0, 0.1) is 0 Å². The summed E-state index contributed by atoms with van der Waals surface area (Å²) < 4.78 is 33.1. The van der Waals surface area contributed by atoms with Crippen LogP contribution in [0.4, 0.5) is 0 Å². The highest BCUT2D eigenvalue weighted by Gasteiger charge is 2.17. The third kappa shape index (κ3) is 4.84. The van der Waals surface area contributed by atoms with Gasteiger partial charge in [-0.05, 0) is 58.2 Å². The van der Waals surface area contributed by atoms with E-state index in [1.54, 1.807) is 7.11 Å². The van der Waals surface area contributed by atoms with E-state index >= 15 is 0 Å². The van der Waals surface area contributed by atoms with E-state index in [4.69, 9.17) is 27.9 Å². The van der Waals surface area contributed by atoms with Crippen LogP contribution in [-0.4, -0.2) is 22.1 Å². The highest BCUT2D eigenvalue weighted by molar-refractivity contribution is 9.10. The Bertz CT molecular complexity index is 812. The number of sulfonamides is 1. The van der Waals surface area contributed by atoms with Gasteiger partial charge in [-0.2, -0.15) is 0 Å². The van der Waals surface area contributed by atoms with Gasteiger partial charge in [0.2, 0.25) is 10.0 Å². The average molecular weight is 439 g/mol. The van der Waals surface area contributed by atoms with Gasteiger partial charge in [-0.3, -0.25) is 0 Å².